The van der Waals surface area contributed by atoms with E-state index in [2.05, 4.69) is 5.32 Å². The molecule has 0 aromatic carbocycles. The van der Waals surface area contributed by atoms with Gasteiger partial charge in [0, 0.05) is 19.1 Å². The number of nitrogens with one attached hydrogen (secondary N) is 1. The quantitative estimate of drug-likeness (QED) is 0.844. The van der Waals surface area contributed by atoms with Gasteiger partial charge in [-0.15, -0.1) is 12.4 Å². The topological polar surface area (TPSA) is 49.4 Å². The molecule has 1 aliphatic heterocycles. The van der Waals surface area contributed by atoms with Crippen molar-refractivity contribution in [2.75, 3.05) is 25.4 Å². The second-order valence-electron chi connectivity index (χ2n) is 7.34. The molecule has 2 rings (SSSR count). The molecule has 1 saturated heterocycles. The van der Waals surface area contributed by atoms with Gasteiger partial charge in [-0.2, -0.15) is 0 Å². The van der Waals surface area contributed by atoms with E-state index in [4.69, 9.17) is 0 Å². The van der Waals surface area contributed by atoms with Gasteiger partial charge >= 0.3 is 0 Å². The maximum Gasteiger partial charge on any atom is 0.214 e. The van der Waals surface area contributed by atoms with Crippen molar-refractivity contribution in [1.29, 1.82) is 0 Å². The maximum atomic E-state index is 12.3. The number of nitrogens with zero attached hydrogens (tertiary/aromatic N) is 1. The number of sulfonamides is 1. The highest BCUT2D eigenvalue weighted by molar-refractivity contribution is 7.89. The average Bonchev–Trinajstić information content (AvgIpc) is 3.07. The van der Waals surface area contributed by atoms with Crippen LogP contribution in [0.25, 0.3) is 0 Å². The molecule has 0 unspecified atom stereocenters. The number of rotatable bonds is 5. The second-order valence-corrected chi connectivity index (χ2v) is 9.31. The van der Waals surface area contributed by atoms with Crippen LogP contribution in [0.2, 0.25) is 0 Å². The van der Waals surface area contributed by atoms with E-state index in [1.54, 1.807) is 4.31 Å². The van der Waals surface area contributed by atoms with Crippen molar-refractivity contribution in [2.24, 2.45) is 11.3 Å². The Morgan fingerprint density at radius 1 is 1.10 bits per heavy atom. The molecule has 0 radical (unpaired) electrons. The highest BCUT2D eigenvalue weighted by atomic mass is 35.5. The Balaban J connectivity index is 0.00000200. The lowest BCUT2D eigenvalue weighted by molar-refractivity contribution is 0.284. The first kappa shape index (κ1) is 18.2. The van der Waals surface area contributed by atoms with Crippen LogP contribution in [-0.4, -0.2) is 44.2 Å². The smallest absolute Gasteiger partial charge is 0.214 e. The van der Waals surface area contributed by atoms with Crippen molar-refractivity contribution in [3.05, 3.63) is 0 Å². The first-order valence-corrected chi connectivity index (χ1v) is 9.08. The summed E-state index contributed by atoms with van der Waals surface area (Å²) in [5.41, 5.74) is -0.167. The van der Waals surface area contributed by atoms with Crippen molar-refractivity contribution in [3.8, 4) is 0 Å². The van der Waals surface area contributed by atoms with Crippen molar-refractivity contribution in [3.63, 3.8) is 0 Å². The molecule has 1 N–H and O–H groups in total. The lowest BCUT2D eigenvalue weighted by Gasteiger charge is -2.33. The SMILES string of the molecule is CC(C)(C)CS(=O)(=O)N1CCC(NCC2CC2)CC1.Cl. The van der Waals surface area contributed by atoms with Crippen molar-refractivity contribution < 1.29 is 8.42 Å². The van der Waals surface area contributed by atoms with E-state index >= 15 is 0 Å². The van der Waals surface area contributed by atoms with Crippen molar-refractivity contribution in [1.82, 2.24) is 9.62 Å². The molecular formula is C14H29ClN2O2S. The fourth-order valence-electron chi connectivity index (χ4n) is 2.63. The summed E-state index contributed by atoms with van der Waals surface area (Å²) in [4.78, 5) is 0. The van der Waals surface area contributed by atoms with Gasteiger partial charge < -0.3 is 5.32 Å². The van der Waals surface area contributed by atoms with Crippen LogP contribution < -0.4 is 5.32 Å². The number of halogens is 1. The zero-order valence-electron chi connectivity index (χ0n) is 12.9. The Morgan fingerprint density at radius 3 is 2.10 bits per heavy atom. The molecule has 6 heteroatoms. The van der Waals surface area contributed by atoms with E-state index in [-0.39, 0.29) is 23.6 Å². The molecule has 0 bridgehead atoms. The lowest BCUT2D eigenvalue weighted by atomic mass is 10.0. The molecule has 120 valence electrons. The van der Waals surface area contributed by atoms with Crippen LogP contribution in [0, 0.1) is 11.3 Å². The summed E-state index contributed by atoms with van der Waals surface area (Å²) >= 11 is 0. The summed E-state index contributed by atoms with van der Waals surface area (Å²) in [6.07, 6.45) is 4.64. The van der Waals surface area contributed by atoms with Gasteiger partial charge in [-0.25, -0.2) is 12.7 Å². The molecule has 0 aromatic heterocycles. The van der Waals surface area contributed by atoms with Crippen LogP contribution >= 0.6 is 12.4 Å². The molecule has 0 aromatic rings. The van der Waals surface area contributed by atoms with Gasteiger partial charge in [0.05, 0.1) is 5.75 Å². The normalized spacial score (nSPS) is 22.6. The summed E-state index contributed by atoms with van der Waals surface area (Å²) in [5, 5.41) is 3.58. The van der Waals surface area contributed by atoms with Crippen molar-refractivity contribution >= 4 is 22.4 Å². The highest BCUT2D eigenvalue weighted by Crippen LogP contribution is 2.28. The van der Waals surface area contributed by atoms with E-state index in [9.17, 15) is 8.42 Å². The van der Waals surface area contributed by atoms with Gasteiger partial charge in [0.1, 0.15) is 0 Å². The van der Waals surface area contributed by atoms with E-state index < -0.39 is 10.0 Å². The lowest BCUT2D eigenvalue weighted by Crippen LogP contribution is -2.47. The zero-order chi connectivity index (χ0) is 14.1. The van der Waals surface area contributed by atoms with Gasteiger partial charge in [0.2, 0.25) is 10.0 Å². The number of hydrogen-bond acceptors (Lipinski definition) is 3. The standard InChI is InChI=1S/C14H28N2O2S.ClH/c1-14(2,3)11-19(17,18)16-8-6-13(7-9-16)15-10-12-4-5-12;/h12-13,15H,4-11H2,1-3H3;1H. The molecular weight excluding hydrogens is 296 g/mol. The van der Waals surface area contributed by atoms with Gasteiger partial charge in [-0.1, -0.05) is 20.8 Å². The Morgan fingerprint density at radius 2 is 1.65 bits per heavy atom. The largest absolute Gasteiger partial charge is 0.314 e. The molecule has 1 aliphatic carbocycles. The average molecular weight is 325 g/mol. The summed E-state index contributed by atoms with van der Waals surface area (Å²) in [6.45, 7) is 8.43. The summed E-state index contributed by atoms with van der Waals surface area (Å²) < 4.78 is 26.3. The van der Waals surface area contributed by atoms with Crippen LogP contribution in [-0.2, 0) is 10.0 Å². The third kappa shape index (κ3) is 5.88. The minimum Gasteiger partial charge on any atom is -0.314 e. The minimum atomic E-state index is -3.08. The van der Waals surface area contributed by atoms with Gasteiger partial charge in [-0.3, -0.25) is 0 Å². The molecule has 0 amide bonds. The van der Waals surface area contributed by atoms with E-state index in [1.807, 2.05) is 20.8 Å². The first-order chi connectivity index (χ1) is 8.76. The fraction of sp³-hybridized carbons (Fsp3) is 1.00. The predicted octanol–water partition coefficient (Wildman–Crippen LogP) is 2.25. The van der Waals surface area contributed by atoms with Crippen LogP contribution in [0.4, 0.5) is 0 Å². The van der Waals surface area contributed by atoms with E-state index in [1.165, 1.54) is 12.8 Å². The zero-order valence-corrected chi connectivity index (χ0v) is 14.5. The Kier molecular flexibility index (Phi) is 6.32. The summed E-state index contributed by atoms with van der Waals surface area (Å²) in [6, 6.07) is 0.515. The molecule has 1 saturated carbocycles. The third-order valence-corrected chi connectivity index (χ3v) is 6.24. The maximum absolute atomic E-state index is 12.3. The number of hydrogen-bond donors (Lipinski definition) is 1. The molecule has 2 aliphatic rings. The Hall–Kier alpha value is 0.160. The molecule has 2 fully saturated rings. The molecule has 4 nitrogen and oxygen atoms in total. The third-order valence-electron chi connectivity index (χ3n) is 3.85. The van der Waals surface area contributed by atoms with Gasteiger partial charge in [0.25, 0.3) is 0 Å². The number of piperidine rings is 1. The monoisotopic (exact) mass is 324 g/mol. The first-order valence-electron chi connectivity index (χ1n) is 7.47. The van der Waals surface area contributed by atoms with Crippen molar-refractivity contribution in [2.45, 2.75) is 52.5 Å². The minimum absolute atomic E-state index is 0. The second kappa shape index (κ2) is 6.95. The highest BCUT2D eigenvalue weighted by Gasteiger charge is 2.31. The molecule has 0 spiro atoms. The molecule has 0 atom stereocenters. The van der Waals surface area contributed by atoms with Crippen LogP contribution in [0.15, 0.2) is 0 Å². The van der Waals surface area contributed by atoms with Gasteiger partial charge in [0.15, 0.2) is 0 Å². The summed E-state index contributed by atoms with van der Waals surface area (Å²) in [7, 11) is -3.08. The summed E-state index contributed by atoms with van der Waals surface area (Å²) in [5.74, 6) is 1.14. The molecule has 1 heterocycles. The van der Waals surface area contributed by atoms with Gasteiger partial charge in [-0.05, 0) is 43.6 Å². The van der Waals surface area contributed by atoms with E-state index in [0.29, 0.717) is 19.1 Å². The van der Waals surface area contributed by atoms with E-state index in [0.717, 1.165) is 25.3 Å². The molecule has 20 heavy (non-hydrogen) atoms. The predicted molar refractivity (Wildman–Crippen MR) is 85.8 cm³/mol. The Bertz CT molecular complexity index is 394. The Labute approximate surface area is 130 Å². The van der Waals surface area contributed by atoms with Crippen LogP contribution in [0.1, 0.15) is 46.5 Å². The van der Waals surface area contributed by atoms with Crippen LogP contribution in [0.5, 0.6) is 0 Å². The fourth-order valence-corrected chi connectivity index (χ4v) is 4.68. The van der Waals surface area contributed by atoms with Crippen LogP contribution in [0.3, 0.4) is 0 Å².